The van der Waals surface area contributed by atoms with Crippen molar-refractivity contribution in [2.75, 3.05) is 0 Å². The first-order valence-corrected chi connectivity index (χ1v) is 7.21. The first-order chi connectivity index (χ1) is 9.00. The first-order valence-electron chi connectivity index (χ1n) is 6.21. The van der Waals surface area contributed by atoms with Crippen molar-refractivity contribution >= 4 is 13.9 Å². The Hall–Kier alpha value is -1.27. The van der Waals surface area contributed by atoms with Gasteiger partial charge in [-0.1, -0.05) is 77.0 Å². The van der Waals surface area contributed by atoms with Crippen molar-refractivity contribution < 1.29 is 8.78 Å². The predicted molar refractivity (Wildman–Crippen MR) is 79.9 cm³/mol. The van der Waals surface area contributed by atoms with Crippen molar-refractivity contribution in [2.45, 2.75) is 25.4 Å². The molecular formula is C16H17F2P. The van der Waals surface area contributed by atoms with Gasteiger partial charge in [0.25, 0.3) is 0 Å². The van der Waals surface area contributed by atoms with Crippen molar-refractivity contribution in [1.29, 1.82) is 0 Å². The molecule has 0 N–H and O–H groups in total. The normalized spacial score (nSPS) is 12.5. The fraction of sp³-hybridized carbons (Fsp3) is 0.250. The maximum absolute atomic E-state index is 13.0. The second kappa shape index (κ2) is 5.79. The summed E-state index contributed by atoms with van der Waals surface area (Å²) in [4.78, 5) is 0. The molecule has 0 fully saturated rings. The lowest BCUT2D eigenvalue weighted by atomic mass is 10.1. The maximum atomic E-state index is 13.0. The van der Waals surface area contributed by atoms with Crippen LogP contribution in [0.4, 0.5) is 8.78 Å². The molecule has 0 aliphatic heterocycles. The Kier molecular flexibility index (Phi) is 4.31. The van der Waals surface area contributed by atoms with Gasteiger partial charge in [-0.05, 0) is 16.4 Å². The summed E-state index contributed by atoms with van der Waals surface area (Å²) in [6.07, 6.45) is -2.31. The second-order valence-corrected chi connectivity index (χ2v) is 7.14. The van der Waals surface area contributed by atoms with Crippen LogP contribution < -0.4 is 5.30 Å². The van der Waals surface area contributed by atoms with Crippen molar-refractivity contribution in [2.24, 2.45) is 0 Å². The lowest BCUT2D eigenvalue weighted by Gasteiger charge is -2.25. The molecule has 0 amide bonds. The molecule has 0 saturated carbocycles. The van der Waals surface area contributed by atoms with E-state index in [1.165, 1.54) is 0 Å². The van der Waals surface area contributed by atoms with Crippen molar-refractivity contribution in [3.05, 3.63) is 54.6 Å². The van der Waals surface area contributed by atoms with Crippen LogP contribution in [0, 0.1) is 0 Å². The third-order valence-electron chi connectivity index (χ3n) is 3.01. The van der Waals surface area contributed by atoms with E-state index >= 15 is 0 Å². The van der Waals surface area contributed by atoms with E-state index in [9.17, 15) is 8.78 Å². The summed E-state index contributed by atoms with van der Waals surface area (Å²) in [7, 11) is 0.0859. The summed E-state index contributed by atoms with van der Waals surface area (Å²) in [6.45, 7) is 3.25. The molecule has 0 aromatic heterocycles. The number of benzene rings is 2. The van der Waals surface area contributed by atoms with Crippen LogP contribution in [0.15, 0.2) is 54.6 Å². The second-order valence-electron chi connectivity index (χ2n) is 5.06. The molecule has 100 valence electrons. The van der Waals surface area contributed by atoms with Crippen molar-refractivity contribution in [3.63, 3.8) is 0 Å². The van der Waals surface area contributed by atoms with Gasteiger partial charge in [0.15, 0.2) is 0 Å². The minimum atomic E-state index is -2.31. The number of hydrogen-bond acceptors (Lipinski definition) is 0. The van der Waals surface area contributed by atoms with E-state index in [1.54, 1.807) is 13.8 Å². The van der Waals surface area contributed by atoms with Gasteiger partial charge in [-0.25, -0.2) is 8.78 Å². The molecule has 0 radical (unpaired) electrons. The highest BCUT2D eigenvalue weighted by Gasteiger charge is 2.30. The van der Waals surface area contributed by atoms with Gasteiger partial charge in [-0.3, -0.25) is 0 Å². The van der Waals surface area contributed by atoms with Gasteiger partial charge in [0, 0.05) is 5.16 Å². The highest BCUT2D eigenvalue weighted by atomic mass is 31.1. The molecule has 0 bridgehead atoms. The molecule has 1 unspecified atom stereocenters. The Morgan fingerprint density at radius 1 is 0.895 bits per heavy atom. The molecular weight excluding hydrogens is 261 g/mol. The first kappa shape index (κ1) is 14.1. The monoisotopic (exact) mass is 278 g/mol. The van der Waals surface area contributed by atoms with Gasteiger partial charge < -0.3 is 0 Å². The van der Waals surface area contributed by atoms with E-state index in [4.69, 9.17) is 0 Å². The molecule has 2 aromatic carbocycles. The standard InChI is InChI=1S/C16H17F2P/c1-16(2,15(17)18)19-14-11-7-6-10-13(14)12-8-4-3-5-9-12/h3-11,15,19H,1-2H3. The van der Waals surface area contributed by atoms with E-state index in [0.29, 0.717) is 0 Å². The lowest BCUT2D eigenvalue weighted by Crippen LogP contribution is -2.26. The Morgan fingerprint density at radius 3 is 2.11 bits per heavy atom. The van der Waals surface area contributed by atoms with Gasteiger partial charge >= 0.3 is 0 Å². The Labute approximate surface area is 114 Å². The number of rotatable bonds is 4. The molecule has 19 heavy (non-hydrogen) atoms. The summed E-state index contributed by atoms with van der Waals surface area (Å²) < 4.78 is 26.1. The van der Waals surface area contributed by atoms with E-state index in [1.807, 2.05) is 54.6 Å². The van der Waals surface area contributed by atoms with Gasteiger partial charge in [0.2, 0.25) is 6.43 Å². The van der Waals surface area contributed by atoms with E-state index in [-0.39, 0.29) is 8.58 Å². The Morgan fingerprint density at radius 2 is 1.47 bits per heavy atom. The van der Waals surface area contributed by atoms with Gasteiger partial charge in [0.05, 0.1) is 0 Å². The van der Waals surface area contributed by atoms with E-state index in [2.05, 4.69) is 0 Å². The highest BCUT2D eigenvalue weighted by Crippen LogP contribution is 2.38. The SMILES string of the molecule is CC(C)(Pc1ccccc1-c1ccccc1)C(F)F. The van der Waals surface area contributed by atoms with Crippen LogP contribution in [-0.2, 0) is 0 Å². The molecule has 2 aromatic rings. The van der Waals surface area contributed by atoms with Crippen LogP contribution >= 0.6 is 8.58 Å². The number of hydrogen-bond donors (Lipinski definition) is 0. The third kappa shape index (κ3) is 3.39. The minimum absolute atomic E-state index is 0.0859. The third-order valence-corrected chi connectivity index (χ3v) is 4.58. The average molecular weight is 278 g/mol. The van der Waals surface area contributed by atoms with Crippen molar-refractivity contribution in [1.82, 2.24) is 0 Å². The zero-order chi connectivity index (χ0) is 13.9. The summed E-state index contributed by atoms with van der Waals surface area (Å²) in [5.74, 6) is 0. The number of alkyl halides is 2. The van der Waals surface area contributed by atoms with Crippen LogP contribution in [0.25, 0.3) is 11.1 Å². The molecule has 1 atom stereocenters. The molecule has 0 spiro atoms. The summed E-state index contributed by atoms with van der Waals surface area (Å²) in [6, 6.07) is 17.7. The Balaban J connectivity index is 2.38. The van der Waals surface area contributed by atoms with Crippen LogP contribution in [0.1, 0.15) is 13.8 Å². The maximum Gasteiger partial charge on any atom is 0.247 e. The molecule has 0 aliphatic rings. The van der Waals surface area contributed by atoms with Gasteiger partial charge in [-0.2, -0.15) is 0 Å². The van der Waals surface area contributed by atoms with E-state index < -0.39 is 11.6 Å². The molecule has 0 aliphatic carbocycles. The zero-order valence-electron chi connectivity index (χ0n) is 11.0. The Bertz CT molecular complexity index is 535. The largest absolute Gasteiger partial charge is 0.247 e. The van der Waals surface area contributed by atoms with E-state index in [0.717, 1.165) is 16.4 Å². The fourth-order valence-electron chi connectivity index (χ4n) is 1.86. The van der Waals surface area contributed by atoms with Gasteiger partial charge in [0.1, 0.15) is 0 Å². The quantitative estimate of drug-likeness (QED) is 0.711. The highest BCUT2D eigenvalue weighted by molar-refractivity contribution is 7.49. The topological polar surface area (TPSA) is 0 Å². The molecule has 0 nitrogen and oxygen atoms in total. The predicted octanol–water partition coefficient (Wildman–Crippen LogP) is 4.70. The summed E-state index contributed by atoms with van der Waals surface area (Å²) in [5, 5.41) is 0.0178. The van der Waals surface area contributed by atoms with Crippen LogP contribution in [0.5, 0.6) is 0 Å². The summed E-state index contributed by atoms with van der Waals surface area (Å²) >= 11 is 0. The fourth-order valence-corrected chi connectivity index (χ4v) is 3.21. The lowest BCUT2D eigenvalue weighted by molar-refractivity contribution is 0.112. The summed E-state index contributed by atoms with van der Waals surface area (Å²) in [5.41, 5.74) is 2.13. The van der Waals surface area contributed by atoms with Crippen molar-refractivity contribution in [3.8, 4) is 11.1 Å². The zero-order valence-corrected chi connectivity index (χ0v) is 12.0. The van der Waals surface area contributed by atoms with Crippen LogP contribution in [0.3, 0.4) is 0 Å². The molecule has 0 heterocycles. The minimum Gasteiger partial charge on any atom is -0.210 e. The smallest absolute Gasteiger partial charge is 0.210 e. The average Bonchev–Trinajstić information content (AvgIpc) is 2.40. The van der Waals surface area contributed by atoms with Gasteiger partial charge in [-0.15, -0.1) is 0 Å². The molecule has 2 rings (SSSR count). The van der Waals surface area contributed by atoms with Crippen LogP contribution in [-0.4, -0.2) is 11.6 Å². The molecule has 3 heteroatoms. The van der Waals surface area contributed by atoms with Crippen LogP contribution in [0.2, 0.25) is 0 Å². The number of halogens is 2. The molecule has 0 saturated heterocycles.